The highest BCUT2D eigenvalue weighted by atomic mass is 16.5. The van der Waals surface area contributed by atoms with Crippen LogP contribution in [0.4, 0.5) is 0 Å². The molecule has 0 spiro atoms. The predicted molar refractivity (Wildman–Crippen MR) is 121 cm³/mol. The highest BCUT2D eigenvalue weighted by Gasteiger charge is 2.30. The molecule has 2 aliphatic rings. The van der Waals surface area contributed by atoms with Gasteiger partial charge in [-0.2, -0.15) is 4.98 Å². The Morgan fingerprint density at radius 2 is 1.94 bits per heavy atom. The number of amides is 1. The molecule has 0 aromatic carbocycles. The molecule has 2 aromatic rings. The molecular weight excluding hydrogens is 408 g/mol. The fourth-order valence-corrected chi connectivity index (χ4v) is 4.25. The monoisotopic (exact) mass is 440 g/mol. The average Bonchev–Trinajstić information content (AvgIpc) is 3.54. The van der Waals surface area contributed by atoms with Crippen molar-refractivity contribution in [2.45, 2.75) is 32.2 Å². The maximum absolute atomic E-state index is 12.7. The van der Waals surface area contributed by atoms with Gasteiger partial charge in [-0.3, -0.25) is 19.7 Å². The van der Waals surface area contributed by atoms with E-state index in [9.17, 15) is 4.79 Å². The lowest BCUT2D eigenvalue weighted by atomic mass is 10.2. The van der Waals surface area contributed by atoms with Gasteiger partial charge in [0, 0.05) is 65.5 Å². The number of nitrogens with one attached hydrogen (secondary N) is 1. The Bertz CT molecular complexity index is 902. The molecule has 1 atom stereocenters. The van der Waals surface area contributed by atoms with E-state index in [1.165, 1.54) is 0 Å². The van der Waals surface area contributed by atoms with Gasteiger partial charge in [0.25, 0.3) is 5.89 Å². The fourth-order valence-electron chi connectivity index (χ4n) is 4.25. The molecule has 172 valence electrons. The summed E-state index contributed by atoms with van der Waals surface area (Å²) in [5, 5.41) is 7.44. The zero-order valence-electron chi connectivity index (χ0n) is 18.9. The molecular formula is C22H32N8O2. The molecule has 1 unspecified atom stereocenters. The Kier molecular flexibility index (Phi) is 7.31. The summed E-state index contributed by atoms with van der Waals surface area (Å²) in [7, 11) is 1.79. The van der Waals surface area contributed by atoms with Gasteiger partial charge in [-0.05, 0) is 31.9 Å². The van der Waals surface area contributed by atoms with Gasteiger partial charge in [0.1, 0.15) is 5.69 Å². The van der Waals surface area contributed by atoms with E-state index < -0.39 is 0 Å². The van der Waals surface area contributed by atoms with E-state index in [0.29, 0.717) is 30.4 Å². The van der Waals surface area contributed by atoms with E-state index in [0.717, 1.165) is 58.1 Å². The van der Waals surface area contributed by atoms with Gasteiger partial charge < -0.3 is 19.6 Å². The molecule has 2 saturated heterocycles. The summed E-state index contributed by atoms with van der Waals surface area (Å²) in [5.74, 6) is 2.19. The van der Waals surface area contributed by atoms with Crippen molar-refractivity contribution in [1.82, 2.24) is 35.1 Å². The second-order valence-electron chi connectivity index (χ2n) is 8.19. The number of nitrogens with zero attached hydrogens (tertiary/aromatic N) is 7. The Morgan fingerprint density at radius 1 is 1.16 bits per heavy atom. The van der Waals surface area contributed by atoms with Gasteiger partial charge in [0.05, 0.1) is 6.04 Å². The average molecular weight is 441 g/mol. The fraction of sp³-hybridized carbons (Fsp3) is 0.591. The smallest absolute Gasteiger partial charge is 0.276 e. The van der Waals surface area contributed by atoms with Crippen molar-refractivity contribution >= 4 is 11.9 Å². The van der Waals surface area contributed by atoms with Crippen LogP contribution in [0.5, 0.6) is 0 Å². The van der Waals surface area contributed by atoms with Crippen LogP contribution in [0, 0.1) is 0 Å². The Hall–Kier alpha value is -3.01. The summed E-state index contributed by atoms with van der Waals surface area (Å²) >= 11 is 0. The number of aromatic nitrogens is 3. The Labute approximate surface area is 188 Å². The minimum Gasteiger partial charge on any atom is -0.356 e. The van der Waals surface area contributed by atoms with Crippen LogP contribution in [0.15, 0.2) is 33.9 Å². The molecule has 0 radical (unpaired) electrons. The van der Waals surface area contributed by atoms with E-state index >= 15 is 0 Å². The van der Waals surface area contributed by atoms with Crippen molar-refractivity contribution in [3.63, 3.8) is 0 Å². The maximum Gasteiger partial charge on any atom is 0.276 e. The van der Waals surface area contributed by atoms with E-state index in [2.05, 4.69) is 35.2 Å². The summed E-state index contributed by atoms with van der Waals surface area (Å²) in [6, 6.07) is 5.52. The lowest BCUT2D eigenvalue weighted by molar-refractivity contribution is -0.135. The van der Waals surface area contributed by atoms with E-state index in [4.69, 9.17) is 4.52 Å². The summed E-state index contributed by atoms with van der Waals surface area (Å²) < 4.78 is 5.31. The third-order valence-corrected chi connectivity index (χ3v) is 6.13. The number of hydrogen-bond donors (Lipinski definition) is 1. The number of likely N-dealkylation sites (tertiary alicyclic amines) is 1. The second kappa shape index (κ2) is 10.5. The first kappa shape index (κ1) is 22.2. The highest BCUT2D eigenvalue weighted by Crippen LogP contribution is 2.15. The summed E-state index contributed by atoms with van der Waals surface area (Å²) in [6.07, 6.45) is 4.58. The Morgan fingerprint density at radius 3 is 2.62 bits per heavy atom. The van der Waals surface area contributed by atoms with Crippen LogP contribution in [-0.4, -0.2) is 101 Å². The number of pyridine rings is 1. The van der Waals surface area contributed by atoms with Crippen molar-refractivity contribution in [2.24, 2.45) is 4.99 Å². The zero-order chi connectivity index (χ0) is 22.3. The van der Waals surface area contributed by atoms with Gasteiger partial charge in [-0.1, -0.05) is 11.2 Å². The normalized spacial score (nSPS) is 18.8. The van der Waals surface area contributed by atoms with Gasteiger partial charge in [-0.25, -0.2) is 0 Å². The van der Waals surface area contributed by atoms with Crippen LogP contribution in [0.3, 0.4) is 0 Å². The number of aliphatic imine (C=N–C) groups is 1. The molecule has 0 saturated carbocycles. The predicted octanol–water partition coefficient (Wildman–Crippen LogP) is 0.878. The third kappa shape index (κ3) is 5.24. The summed E-state index contributed by atoms with van der Waals surface area (Å²) in [4.78, 5) is 32.3. The SMILES string of the molecule is CN=C(NCCc1noc(-c2ccccn2)n1)N1CCN(C(C)C(=O)N2CCCC2)CC1. The molecule has 32 heavy (non-hydrogen) atoms. The van der Waals surface area contributed by atoms with Crippen LogP contribution in [0.1, 0.15) is 25.6 Å². The van der Waals surface area contributed by atoms with Crippen LogP contribution < -0.4 is 5.32 Å². The first-order chi connectivity index (χ1) is 15.7. The number of piperazine rings is 1. The number of guanidine groups is 1. The molecule has 1 N–H and O–H groups in total. The molecule has 2 fully saturated rings. The van der Waals surface area contributed by atoms with Crippen LogP contribution in [-0.2, 0) is 11.2 Å². The number of carbonyl (C=O) groups is 1. The van der Waals surface area contributed by atoms with Crippen molar-refractivity contribution < 1.29 is 9.32 Å². The molecule has 10 heteroatoms. The quantitative estimate of drug-likeness (QED) is 0.522. The van der Waals surface area contributed by atoms with Gasteiger partial charge in [-0.15, -0.1) is 0 Å². The molecule has 1 amide bonds. The first-order valence-electron chi connectivity index (χ1n) is 11.4. The molecule has 0 bridgehead atoms. The minimum atomic E-state index is -0.0586. The lowest BCUT2D eigenvalue weighted by Crippen LogP contribution is -2.57. The zero-order valence-corrected chi connectivity index (χ0v) is 18.9. The van der Waals surface area contributed by atoms with E-state index in [1.807, 2.05) is 30.0 Å². The van der Waals surface area contributed by atoms with Crippen molar-refractivity contribution in [3.05, 3.63) is 30.2 Å². The van der Waals surface area contributed by atoms with Gasteiger partial charge in [0.15, 0.2) is 11.8 Å². The van der Waals surface area contributed by atoms with Gasteiger partial charge >= 0.3 is 0 Å². The van der Waals surface area contributed by atoms with Crippen LogP contribution in [0.2, 0.25) is 0 Å². The topological polar surface area (TPSA) is 103 Å². The maximum atomic E-state index is 12.7. The van der Waals surface area contributed by atoms with Crippen LogP contribution >= 0.6 is 0 Å². The van der Waals surface area contributed by atoms with Crippen molar-refractivity contribution in [2.75, 3.05) is 52.9 Å². The standard InChI is InChI=1S/C22H32N8O2/c1-17(21(31)29-11-5-6-12-29)28-13-15-30(16-14-28)22(23-2)25-10-8-19-26-20(32-27-19)18-7-3-4-9-24-18/h3-4,7,9,17H,5-6,8,10-16H2,1-2H3,(H,23,25). The molecule has 2 aliphatic heterocycles. The summed E-state index contributed by atoms with van der Waals surface area (Å²) in [6.45, 7) is 7.87. The molecule has 0 aliphatic carbocycles. The highest BCUT2D eigenvalue weighted by molar-refractivity contribution is 5.82. The molecule has 2 aromatic heterocycles. The summed E-state index contributed by atoms with van der Waals surface area (Å²) in [5.41, 5.74) is 0.672. The Balaban J connectivity index is 1.22. The molecule has 10 nitrogen and oxygen atoms in total. The number of carbonyl (C=O) groups excluding carboxylic acids is 1. The molecule has 4 heterocycles. The third-order valence-electron chi connectivity index (χ3n) is 6.13. The number of hydrogen-bond acceptors (Lipinski definition) is 7. The lowest BCUT2D eigenvalue weighted by Gasteiger charge is -2.39. The second-order valence-corrected chi connectivity index (χ2v) is 8.19. The first-order valence-corrected chi connectivity index (χ1v) is 11.4. The van der Waals surface area contributed by atoms with Crippen LogP contribution in [0.25, 0.3) is 11.6 Å². The largest absolute Gasteiger partial charge is 0.356 e. The van der Waals surface area contributed by atoms with E-state index in [1.54, 1.807) is 13.2 Å². The molecule has 4 rings (SSSR count). The van der Waals surface area contributed by atoms with E-state index in [-0.39, 0.29) is 11.9 Å². The van der Waals surface area contributed by atoms with Gasteiger partial charge in [0.2, 0.25) is 5.91 Å². The minimum absolute atomic E-state index is 0.0586. The van der Waals surface area contributed by atoms with Crippen molar-refractivity contribution in [3.8, 4) is 11.6 Å². The number of rotatable bonds is 6. The van der Waals surface area contributed by atoms with Crippen molar-refractivity contribution in [1.29, 1.82) is 0 Å².